The molecule has 2 aliphatic heterocycles. The van der Waals surface area contributed by atoms with Gasteiger partial charge in [-0.2, -0.15) is 0 Å². The number of methoxy groups -OCH3 is 1. The van der Waals surface area contributed by atoms with Crippen LogP contribution in [-0.2, 0) is 20.9 Å². The first kappa shape index (κ1) is 34.7. The molecule has 0 spiro atoms. The zero-order chi connectivity index (χ0) is 33.6. The van der Waals surface area contributed by atoms with Crippen LogP contribution >= 0.6 is 0 Å². The molecule has 5 rings (SSSR count). The number of para-hydroxylation sites is 1. The van der Waals surface area contributed by atoms with Crippen LogP contribution in [0.5, 0.6) is 23.0 Å². The van der Waals surface area contributed by atoms with Gasteiger partial charge in [0.25, 0.3) is 5.91 Å². The van der Waals surface area contributed by atoms with Crippen molar-refractivity contribution in [3.63, 3.8) is 0 Å². The van der Waals surface area contributed by atoms with E-state index in [1.54, 1.807) is 30.0 Å². The summed E-state index contributed by atoms with van der Waals surface area (Å²) in [5.41, 5.74) is 0.767. The highest BCUT2D eigenvalue weighted by molar-refractivity contribution is 5.95. The van der Waals surface area contributed by atoms with Gasteiger partial charge in [-0.05, 0) is 67.3 Å². The van der Waals surface area contributed by atoms with Crippen LogP contribution in [0, 0.1) is 5.82 Å². The van der Waals surface area contributed by atoms with E-state index >= 15 is 4.39 Å². The van der Waals surface area contributed by atoms with E-state index in [1.807, 2.05) is 30.3 Å². The molecular weight excluding hydrogens is 607 g/mol. The summed E-state index contributed by atoms with van der Waals surface area (Å²) < 4.78 is 31.9. The molecule has 0 saturated carbocycles. The van der Waals surface area contributed by atoms with E-state index in [4.69, 9.17) is 14.2 Å². The van der Waals surface area contributed by atoms with Crippen molar-refractivity contribution in [2.24, 2.45) is 0 Å². The first-order valence-electron chi connectivity index (χ1n) is 15.7. The second-order valence-corrected chi connectivity index (χ2v) is 11.0. The average molecular weight is 649 g/mol. The van der Waals surface area contributed by atoms with Crippen LogP contribution in [0.25, 0.3) is 0 Å². The van der Waals surface area contributed by atoms with Crippen molar-refractivity contribution in [2.75, 3.05) is 33.4 Å². The zero-order valence-corrected chi connectivity index (χ0v) is 26.7. The molecule has 0 aliphatic carbocycles. The summed E-state index contributed by atoms with van der Waals surface area (Å²) in [5, 5.41) is 8.35. The predicted octanol–water partition coefficient (Wildman–Crippen LogP) is 4.35. The van der Waals surface area contributed by atoms with Gasteiger partial charge < -0.3 is 35.1 Å². The predicted molar refractivity (Wildman–Crippen MR) is 173 cm³/mol. The number of hydrogen-bond acceptors (Lipinski definition) is 7. The Hall–Kier alpha value is -5.13. The molecule has 3 aromatic carbocycles. The maximum Gasteiger partial charge on any atom is 0.251 e. The average Bonchev–Trinajstić information content (AvgIpc) is 3.08. The highest BCUT2D eigenvalue weighted by Crippen LogP contribution is 2.34. The maximum atomic E-state index is 15.0. The minimum atomic E-state index is -0.771. The molecule has 47 heavy (non-hydrogen) atoms. The third-order valence-electron chi connectivity index (χ3n) is 7.57. The fourth-order valence-electron chi connectivity index (χ4n) is 4.98. The van der Waals surface area contributed by atoms with Crippen LogP contribution in [-0.4, -0.2) is 67.9 Å². The fraction of sp³-hybridized carbons (Fsp3) is 0.371. The smallest absolute Gasteiger partial charge is 0.251 e. The topological polar surface area (TPSA) is 135 Å². The highest BCUT2D eigenvalue weighted by atomic mass is 19.1. The Morgan fingerprint density at radius 1 is 0.979 bits per heavy atom. The molecule has 4 bridgehead atoms. The Labute approximate surface area is 273 Å². The van der Waals surface area contributed by atoms with Crippen molar-refractivity contribution in [3.05, 3.63) is 83.7 Å². The van der Waals surface area contributed by atoms with E-state index < -0.39 is 17.8 Å². The lowest BCUT2D eigenvalue weighted by molar-refractivity contribution is -0.132. The number of ether oxygens (including phenoxy) is 3. The van der Waals surface area contributed by atoms with Crippen LogP contribution < -0.4 is 30.2 Å². The standard InChI is InChI=1S/C35H41FN4O7/c1-3-28-35(44)38-23-24-12-14-29(27(36)21-24)47-31-22-25(13-15-30(31)45-2)34(43)37-17-8-19-40(18-7-11-32(41)39-28)33(42)16-20-46-26-9-5-4-6-10-26/h4-6,9-10,12-15,21-22,28H,3,7-8,11,16-20,23H2,1-2H3,(H,37,43)(H,38,44)(H,39,41)/t28-/m0/s1. The molecule has 2 heterocycles. The number of halogens is 1. The zero-order valence-electron chi connectivity index (χ0n) is 26.7. The number of hydrogen-bond donors (Lipinski definition) is 3. The molecule has 0 aromatic heterocycles. The van der Waals surface area contributed by atoms with Gasteiger partial charge in [0.1, 0.15) is 11.8 Å². The third kappa shape index (κ3) is 10.5. The normalized spacial score (nSPS) is 16.7. The van der Waals surface area contributed by atoms with Crippen LogP contribution in [0.1, 0.15) is 54.9 Å². The van der Waals surface area contributed by atoms with Crippen molar-refractivity contribution < 1.29 is 37.8 Å². The number of benzene rings is 3. The Morgan fingerprint density at radius 3 is 2.51 bits per heavy atom. The number of fused-ring (bicyclic) bond motifs is 16. The molecule has 3 aromatic rings. The minimum absolute atomic E-state index is 0.0342. The Kier molecular flexibility index (Phi) is 13.0. The van der Waals surface area contributed by atoms with Crippen molar-refractivity contribution in [2.45, 2.75) is 51.6 Å². The molecule has 12 heteroatoms. The van der Waals surface area contributed by atoms with Gasteiger partial charge in [-0.15, -0.1) is 0 Å². The maximum absolute atomic E-state index is 15.0. The summed E-state index contributed by atoms with van der Waals surface area (Å²) >= 11 is 0. The molecule has 0 unspecified atom stereocenters. The molecule has 3 N–H and O–H groups in total. The van der Waals surface area contributed by atoms with Gasteiger partial charge in [0.15, 0.2) is 23.1 Å². The summed E-state index contributed by atoms with van der Waals surface area (Å²) in [6, 6.07) is 17.3. The summed E-state index contributed by atoms with van der Waals surface area (Å²) in [4.78, 5) is 53.4. The fourth-order valence-corrected chi connectivity index (χ4v) is 4.98. The number of carbonyl (C=O) groups excluding carboxylic acids is 4. The quantitative estimate of drug-likeness (QED) is 0.362. The van der Waals surface area contributed by atoms with Gasteiger partial charge in [0.05, 0.1) is 20.1 Å². The Morgan fingerprint density at radius 2 is 1.77 bits per heavy atom. The molecule has 0 fully saturated rings. The van der Waals surface area contributed by atoms with Crippen LogP contribution in [0.2, 0.25) is 0 Å². The second kappa shape index (κ2) is 17.5. The first-order chi connectivity index (χ1) is 22.8. The molecular formula is C35H41FN4O7. The summed E-state index contributed by atoms with van der Waals surface area (Å²) in [5.74, 6) is -0.868. The van der Waals surface area contributed by atoms with E-state index in [0.29, 0.717) is 49.4 Å². The van der Waals surface area contributed by atoms with E-state index in [1.165, 1.54) is 25.3 Å². The second-order valence-electron chi connectivity index (χ2n) is 11.0. The molecule has 0 saturated heterocycles. The SMILES string of the molecule is CC[C@@H]1NC(=O)CCCN(C(=O)CCOc2ccccc2)CCCNC(=O)c2ccc(OC)c(c2)Oc2ccc(cc2F)CNC1=O. The van der Waals surface area contributed by atoms with Crippen molar-refractivity contribution in [1.82, 2.24) is 20.9 Å². The molecule has 2 aliphatic rings. The largest absolute Gasteiger partial charge is 0.493 e. The molecule has 4 amide bonds. The number of amides is 4. The van der Waals surface area contributed by atoms with Gasteiger partial charge in [-0.3, -0.25) is 19.2 Å². The number of nitrogens with one attached hydrogen (secondary N) is 3. The number of rotatable bonds is 6. The van der Waals surface area contributed by atoms with Crippen molar-refractivity contribution in [3.8, 4) is 23.0 Å². The van der Waals surface area contributed by atoms with Crippen molar-refractivity contribution in [1.29, 1.82) is 0 Å². The van der Waals surface area contributed by atoms with Gasteiger partial charge in [0, 0.05) is 38.2 Å². The first-order valence-corrected chi connectivity index (χ1v) is 15.7. The highest BCUT2D eigenvalue weighted by Gasteiger charge is 2.21. The van der Waals surface area contributed by atoms with Crippen LogP contribution in [0.3, 0.4) is 0 Å². The van der Waals surface area contributed by atoms with Crippen LogP contribution in [0.4, 0.5) is 4.39 Å². The molecule has 11 nitrogen and oxygen atoms in total. The van der Waals surface area contributed by atoms with E-state index in [9.17, 15) is 19.2 Å². The summed E-state index contributed by atoms with van der Waals surface area (Å²) in [7, 11) is 1.44. The summed E-state index contributed by atoms with van der Waals surface area (Å²) in [6.45, 7) is 2.94. The summed E-state index contributed by atoms with van der Waals surface area (Å²) in [6.07, 6.45) is 1.44. The number of carbonyl (C=O) groups is 4. The molecule has 0 radical (unpaired) electrons. The van der Waals surface area contributed by atoms with Crippen molar-refractivity contribution >= 4 is 23.6 Å². The van der Waals surface area contributed by atoms with Gasteiger partial charge >= 0.3 is 0 Å². The molecule has 250 valence electrons. The lowest BCUT2D eigenvalue weighted by Gasteiger charge is -2.23. The lowest BCUT2D eigenvalue weighted by Crippen LogP contribution is -2.46. The van der Waals surface area contributed by atoms with E-state index in [-0.39, 0.29) is 67.3 Å². The minimum Gasteiger partial charge on any atom is -0.493 e. The number of nitrogens with zero attached hydrogens (tertiary/aromatic N) is 1. The Balaban J connectivity index is 1.49. The lowest BCUT2D eigenvalue weighted by atomic mass is 10.1. The third-order valence-corrected chi connectivity index (χ3v) is 7.57. The van der Waals surface area contributed by atoms with Gasteiger partial charge in [-0.1, -0.05) is 31.2 Å². The molecule has 1 atom stereocenters. The van der Waals surface area contributed by atoms with Gasteiger partial charge in [0.2, 0.25) is 17.7 Å². The Bertz CT molecular complexity index is 1540. The van der Waals surface area contributed by atoms with E-state index in [0.717, 1.165) is 0 Å². The monoisotopic (exact) mass is 648 g/mol. The van der Waals surface area contributed by atoms with Crippen LogP contribution in [0.15, 0.2) is 66.7 Å². The van der Waals surface area contributed by atoms with E-state index in [2.05, 4.69) is 16.0 Å². The van der Waals surface area contributed by atoms with Gasteiger partial charge in [-0.25, -0.2) is 4.39 Å².